The van der Waals surface area contributed by atoms with Crippen molar-refractivity contribution in [2.45, 2.75) is 71.5 Å². The summed E-state index contributed by atoms with van der Waals surface area (Å²) >= 11 is 0. The summed E-state index contributed by atoms with van der Waals surface area (Å²) in [6, 6.07) is 15.8. The molecule has 3 rings (SSSR count). The first-order valence-electron chi connectivity index (χ1n) is 12.0. The van der Waals surface area contributed by atoms with Crippen LogP contribution in [0.1, 0.15) is 52.7 Å². The minimum Gasteiger partial charge on any atom is -0.373 e. The summed E-state index contributed by atoms with van der Waals surface area (Å²) in [6.45, 7) is 18.1. The lowest BCUT2D eigenvalue weighted by atomic mass is 9.95. The van der Waals surface area contributed by atoms with Gasteiger partial charge in [0.15, 0.2) is 8.24 Å². The molecule has 3 aromatic rings. The maximum absolute atomic E-state index is 2.80. The third-order valence-corrected chi connectivity index (χ3v) is 14.1. The molecule has 0 saturated carbocycles. The maximum atomic E-state index is 2.80. The van der Waals surface area contributed by atoms with Gasteiger partial charge in [-0.05, 0) is 78.6 Å². The van der Waals surface area contributed by atoms with Crippen LogP contribution in [-0.2, 0) is 6.42 Å². The number of benzene rings is 2. The largest absolute Gasteiger partial charge is 0.373 e. The van der Waals surface area contributed by atoms with Gasteiger partial charge < -0.3 is 9.13 Å². The minimum absolute atomic E-state index is 0.673. The Morgan fingerprint density at radius 2 is 1.39 bits per heavy atom. The molecule has 0 unspecified atom stereocenters. The molecule has 1 heterocycles. The van der Waals surface area contributed by atoms with Crippen molar-refractivity contribution in [3.8, 4) is 11.1 Å². The highest BCUT2D eigenvalue weighted by atomic mass is 28.3. The van der Waals surface area contributed by atoms with Crippen molar-refractivity contribution < 1.29 is 0 Å². The number of aromatic nitrogens is 1. The topological polar surface area (TPSA) is 8.17 Å². The molecular weight excluding hydrogens is 392 g/mol. The molecule has 1 aromatic heterocycles. The van der Waals surface area contributed by atoms with Crippen molar-refractivity contribution in [2.75, 3.05) is 20.6 Å². The van der Waals surface area contributed by atoms with Crippen molar-refractivity contribution in [1.82, 2.24) is 9.13 Å². The van der Waals surface area contributed by atoms with Crippen molar-refractivity contribution in [3.63, 3.8) is 0 Å². The Bertz CT molecular complexity index is 1000. The highest BCUT2D eigenvalue weighted by molar-refractivity contribution is 6.82. The first-order valence-corrected chi connectivity index (χ1v) is 14.1. The molecule has 0 amide bonds. The van der Waals surface area contributed by atoms with Gasteiger partial charge in [0.25, 0.3) is 0 Å². The fraction of sp³-hybridized carbons (Fsp3) is 0.500. The van der Waals surface area contributed by atoms with Gasteiger partial charge in [-0.15, -0.1) is 0 Å². The minimum atomic E-state index is -1.84. The summed E-state index contributed by atoms with van der Waals surface area (Å²) in [5.41, 5.74) is 9.07. The molecule has 2 nitrogen and oxygen atoms in total. The van der Waals surface area contributed by atoms with Crippen LogP contribution in [0.15, 0.2) is 48.7 Å². The van der Waals surface area contributed by atoms with E-state index in [1.807, 2.05) is 0 Å². The predicted octanol–water partition coefficient (Wildman–Crippen LogP) is 7.74. The van der Waals surface area contributed by atoms with E-state index < -0.39 is 8.24 Å². The van der Waals surface area contributed by atoms with Crippen molar-refractivity contribution >= 4 is 19.1 Å². The Balaban J connectivity index is 2.40. The lowest BCUT2D eigenvalue weighted by Crippen LogP contribution is -2.51. The first kappa shape index (κ1) is 23.8. The van der Waals surface area contributed by atoms with Crippen molar-refractivity contribution in [2.24, 2.45) is 0 Å². The highest BCUT2D eigenvalue weighted by Gasteiger charge is 2.46. The van der Waals surface area contributed by atoms with Crippen LogP contribution >= 0.6 is 0 Å². The maximum Gasteiger partial charge on any atom is 0.169 e. The number of fused-ring (bicyclic) bond motifs is 1. The Labute approximate surface area is 191 Å². The fourth-order valence-electron chi connectivity index (χ4n) is 6.16. The van der Waals surface area contributed by atoms with Gasteiger partial charge >= 0.3 is 0 Å². The van der Waals surface area contributed by atoms with Gasteiger partial charge in [0.05, 0.1) is 0 Å². The van der Waals surface area contributed by atoms with E-state index in [1.165, 1.54) is 33.2 Å². The number of likely N-dealkylation sites (N-methyl/N-ethyl adjacent to an activating group) is 1. The van der Waals surface area contributed by atoms with E-state index in [0.717, 1.165) is 13.0 Å². The third kappa shape index (κ3) is 4.15. The molecule has 0 atom stereocenters. The second-order valence-corrected chi connectivity index (χ2v) is 16.2. The SMILES string of the molecule is Cc1ccccc1-c1cccc2c1c(CCN(C)C)cn2[Si](C(C)C)(C(C)C)C(C)C. The number of hydrogen-bond acceptors (Lipinski definition) is 1. The van der Waals surface area contributed by atoms with Gasteiger partial charge in [0, 0.05) is 17.4 Å². The van der Waals surface area contributed by atoms with E-state index in [2.05, 4.69) is 120 Å². The van der Waals surface area contributed by atoms with Crippen LogP contribution in [0.4, 0.5) is 0 Å². The number of aryl methyl sites for hydroxylation is 1. The molecular formula is C28H42N2Si. The molecule has 0 aliphatic heterocycles. The fourth-order valence-corrected chi connectivity index (χ4v) is 12.8. The van der Waals surface area contributed by atoms with Crippen molar-refractivity contribution in [3.05, 3.63) is 59.8 Å². The molecule has 0 bridgehead atoms. The first-order chi connectivity index (χ1) is 14.6. The number of rotatable bonds is 8. The average Bonchev–Trinajstić information content (AvgIpc) is 3.05. The molecule has 0 fully saturated rings. The summed E-state index contributed by atoms with van der Waals surface area (Å²) in [5.74, 6) is 0. The summed E-state index contributed by atoms with van der Waals surface area (Å²) in [7, 11) is 2.52. The molecule has 168 valence electrons. The van der Waals surface area contributed by atoms with Crippen molar-refractivity contribution in [1.29, 1.82) is 0 Å². The smallest absolute Gasteiger partial charge is 0.169 e. The van der Waals surface area contributed by atoms with Gasteiger partial charge in [0.1, 0.15) is 0 Å². The second-order valence-electron chi connectivity index (χ2n) is 10.4. The highest BCUT2D eigenvalue weighted by Crippen LogP contribution is 2.46. The molecule has 0 saturated heterocycles. The van der Waals surface area contributed by atoms with Gasteiger partial charge in [0.2, 0.25) is 0 Å². The third-order valence-electron chi connectivity index (χ3n) is 7.36. The Morgan fingerprint density at radius 1 is 0.806 bits per heavy atom. The Hall–Kier alpha value is -1.84. The number of nitrogens with zero attached hydrogens (tertiary/aromatic N) is 2. The Morgan fingerprint density at radius 3 is 1.94 bits per heavy atom. The lowest BCUT2D eigenvalue weighted by molar-refractivity contribution is 0.414. The van der Waals surface area contributed by atoms with Crippen LogP contribution in [0.3, 0.4) is 0 Å². The van der Waals surface area contributed by atoms with Gasteiger partial charge in [-0.2, -0.15) is 0 Å². The average molecular weight is 435 g/mol. The summed E-state index contributed by atoms with van der Waals surface area (Å²) in [4.78, 5) is 2.30. The van der Waals surface area contributed by atoms with Crippen LogP contribution < -0.4 is 0 Å². The van der Waals surface area contributed by atoms with E-state index in [4.69, 9.17) is 0 Å². The van der Waals surface area contributed by atoms with Crippen LogP contribution in [0, 0.1) is 6.92 Å². The van der Waals surface area contributed by atoms with Gasteiger partial charge in [-0.25, -0.2) is 0 Å². The van der Waals surface area contributed by atoms with Crippen LogP contribution in [0.5, 0.6) is 0 Å². The molecule has 3 heteroatoms. The van der Waals surface area contributed by atoms with E-state index in [9.17, 15) is 0 Å². The zero-order chi connectivity index (χ0) is 22.9. The standard InChI is InChI=1S/C28H42N2Si/c1-20(2)31(21(3)4,22(5)6)30-19-24(17-18-29(8)9)28-26(15-12-16-27(28)30)25-14-11-10-13-23(25)7/h10-16,19-22H,17-18H2,1-9H3. The zero-order valence-corrected chi connectivity index (χ0v) is 22.2. The van der Waals surface area contributed by atoms with Gasteiger partial charge in [-0.1, -0.05) is 77.9 Å². The Kier molecular flexibility index (Phi) is 7.17. The summed E-state index contributed by atoms with van der Waals surface area (Å²) in [5, 5.41) is 1.47. The van der Waals surface area contributed by atoms with Crippen LogP contribution in [-0.4, -0.2) is 38.0 Å². The zero-order valence-electron chi connectivity index (χ0n) is 21.2. The van der Waals surface area contributed by atoms with E-state index in [1.54, 1.807) is 0 Å². The quantitative estimate of drug-likeness (QED) is 0.329. The molecule has 0 aliphatic rings. The molecule has 0 aliphatic carbocycles. The molecule has 31 heavy (non-hydrogen) atoms. The van der Waals surface area contributed by atoms with Gasteiger partial charge in [-0.3, -0.25) is 0 Å². The van der Waals surface area contributed by atoms with E-state index >= 15 is 0 Å². The second kappa shape index (κ2) is 9.34. The predicted molar refractivity (Wildman–Crippen MR) is 141 cm³/mol. The van der Waals surface area contributed by atoms with E-state index in [0.29, 0.717) is 16.6 Å². The normalized spacial score (nSPS) is 12.8. The molecule has 0 radical (unpaired) electrons. The molecule has 0 spiro atoms. The summed E-state index contributed by atoms with van der Waals surface area (Å²) < 4.78 is 2.80. The summed E-state index contributed by atoms with van der Waals surface area (Å²) in [6.07, 6.45) is 3.64. The monoisotopic (exact) mass is 434 g/mol. The lowest BCUT2D eigenvalue weighted by Gasteiger charge is -2.44. The molecule has 0 N–H and O–H groups in total. The molecule has 2 aromatic carbocycles. The van der Waals surface area contributed by atoms with E-state index in [-0.39, 0.29) is 0 Å². The number of hydrogen-bond donors (Lipinski definition) is 0. The van der Waals surface area contributed by atoms with Crippen LogP contribution in [0.2, 0.25) is 16.6 Å². The van der Waals surface area contributed by atoms with Crippen LogP contribution in [0.25, 0.3) is 22.0 Å².